The van der Waals surface area contributed by atoms with Gasteiger partial charge in [0.2, 0.25) is 0 Å². The summed E-state index contributed by atoms with van der Waals surface area (Å²) in [5, 5.41) is 2.92. The molecule has 1 fully saturated rings. The van der Waals surface area contributed by atoms with Gasteiger partial charge in [-0.3, -0.25) is 4.98 Å². The van der Waals surface area contributed by atoms with Gasteiger partial charge in [-0.1, -0.05) is 6.07 Å². The van der Waals surface area contributed by atoms with Crippen molar-refractivity contribution >= 4 is 15.9 Å². The number of nitrogens with one attached hydrogen (secondary N) is 1. The summed E-state index contributed by atoms with van der Waals surface area (Å²) in [6.07, 6.45) is 8.31. The molecule has 0 radical (unpaired) electrons. The van der Waals surface area contributed by atoms with Gasteiger partial charge in [-0.15, -0.1) is 0 Å². The minimum Gasteiger partial charge on any atom is -0.338 e. The fourth-order valence-electron chi connectivity index (χ4n) is 2.96. The molecule has 0 aliphatic carbocycles. The zero-order valence-corrected chi connectivity index (χ0v) is 14.4. The molecule has 1 aromatic heterocycles. The topological polar surface area (TPSA) is 79.4 Å². The Morgan fingerprint density at radius 2 is 2.30 bits per heavy atom. The number of carbonyl (C=O) groups excluding carboxylic acids is 1. The lowest BCUT2D eigenvalue weighted by molar-refractivity contribution is 0.170. The van der Waals surface area contributed by atoms with Gasteiger partial charge in [0.1, 0.15) is 9.84 Å². The number of rotatable bonds is 6. The number of urea groups is 1. The van der Waals surface area contributed by atoms with Crippen molar-refractivity contribution < 1.29 is 13.2 Å². The Morgan fingerprint density at radius 3 is 3.00 bits per heavy atom. The lowest BCUT2D eigenvalue weighted by Gasteiger charge is -2.32. The van der Waals surface area contributed by atoms with E-state index in [1.165, 1.54) is 6.26 Å². The number of pyridine rings is 1. The lowest BCUT2D eigenvalue weighted by Crippen LogP contribution is -2.46. The summed E-state index contributed by atoms with van der Waals surface area (Å²) in [5.74, 6) is 0.220. The van der Waals surface area contributed by atoms with Crippen molar-refractivity contribution in [3.05, 3.63) is 30.1 Å². The van der Waals surface area contributed by atoms with E-state index in [1.807, 2.05) is 18.3 Å². The van der Waals surface area contributed by atoms with Crippen LogP contribution in [0.5, 0.6) is 0 Å². The van der Waals surface area contributed by atoms with Crippen molar-refractivity contribution in [1.82, 2.24) is 15.2 Å². The molecule has 6 nitrogen and oxygen atoms in total. The molecular weight excluding hydrogens is 314 g/mol. The van der Waals surface area contributed by atoms with Gasteiger partial charge in [-0.2, -0.15) is 0 Å². The number of nitrogens with zero attached hydrogens (tertiary/aromatic N) is 2. The van der Waals surface area contributed by atoms with Crippen LogP contribution >= 0.6 is 0 Å². The maximum absolute atomic E-state index is 12.2. The summed E-state index contributed by atoms with van der Waals surface area (Å²) in [4.78, 5) is 18.0. The highest BCUT2D eigenvalue weighted by Gasteiger charge is 2.25. The van der Waals surface area contributed by atoms with Crippen molar-refractivity contribution in [2.24, 2.45) is 5.92 Å². The van der Waals surface area contributed by atoms with Gasteiger partial charge in [-0.05, 0) is 43.2 Å². The Morgan fingerprint density at radius 1 is 1.48 bits per heavy atom. The number of likely N-dealkylation sites (tertiary alicyclic amines) is 1. The second kappa shape index (κ2) is 8.29. The first kappa shape index (κ1) is 17.7. The zero-order valence-electron chi connectivity index (χ0n) is 13.6. The lowest BCUT2D eigenvalue weighted by atomic mass is 10.0. The van der Waals surface area contributed by atoms with Crippen LogP contribution in [0.2, 0.25) is 0 Å². The van der Waals surface area contributed by atoms with Gasteiger partial charge in [0.05, 0.1) is 5.75 Å². The first-order valence-electron chi connectivity index (χ1n) is 8.03. The number of amides is 2. The van der Waals surface area contributed by atoms with E-state index < -0.39 is 9.84 Å². The van der Waals surface area contributed by atoms with Crippen LogP contribution in [-0.4, -0.2) is 56.0 Å². The van der Waals surface area contributed by atoms with E-state index in [9.17, 15) is 13.2 Å². The molecule has 0 bridgehead atoms. The van der Waals surface area contributed by atoms with E-state index >= 15 is 0 Å². The summed E-state index contributed by atoms with van der Waals surface area (Å²) in [6, 6.07) is 3.84. The second-order valence-electron chi connectivity index (χ2n) is 6.24. The van der Waals surface area contributed by atoms with Crippen LogP contribution in [0.1, 0.15) is 24.8 Å². The van der Waals surface area contributed by atoms with E-state index in [2.05, 4.69) is 10.3 Å². The molecule has 1 N–H and O–H groups in total. The number of aryl methyl sites for hydroxylation is 1. The molecule has 0 aromatic carbocycles. The summed E-state index contributed by atoms with van der Waals surface area (Å²) in [5.41, 5.74) is 1.16. The number of hydrogen-bond donors (Lipinski definition) is 1. The minimum absolute atomic E-state index is 0.0555. The zero-order chi connectivity index (χ0) is 16.7. The Bertz CT molecular complexity index is 604. The third-order valence-electron chi connectivity index (χ3n) is 3.99. The molecular formula is C16H25N3O3S. The fourth-order valence-corrected chi connectivity index (χ4v) is 4.09. The van der Waals surface area contributed by atoms with Crippen molar-refractivity contribution in [1.29, 1.82) is 0 Å². The van der Waals surface area contributed by atoms with Gasteiger partial charge in [0.25, 0.3) is 0 Å². The summed E-state index contributed by atoms with van der Waals surface area (Å²) in [7, 11) is -2.99. The Kier molecular flexibility index (Phi) is 6.38. The van der Waals surface area contributed by atoms with Crippen molar-refractivity contribution in [2.75, 3.05) is 31.6 Å². The molecule has 2 amide bonds. The minimum atomic E-state index is -2.99. The fraction of sp³-hybridized carbons (Fsp3) is 0.625. The van der Waals surface area contributed by atoms with Gasteiger partial charge in [-0.25, -0.2) is 13.2 Å². The second-order valence-corrected chi connectivity index (χ2v) is 8.43. The molecule has 128 valence electrons. The molecule has 2 rings (SSSR count). The Hall–Kier alpha value is -1.63. The van der Waals surface area contributed by atoms with Crippen LogP contribution in [0.15, 0.2) is 24.5 Å². The van der Waals surface area contributed by atoms with Gasteiger partial charge < -0.3 is 10.2 Å². The van der Waals surface area contributed by atoms with Gasteiger partial charge >= 0.3 is 6.03 Å². The first-order valence-corrected chi connectivity index (χ1v) is 10.1. The monoisotopic (exact) mass is 339 g/mol. The molecule has 1 atom stereocenters. The summed E-state index contributed by atoms with van der Waals surface area (Å²) >= 11 is 0. The highest BCUT2D eigenvalue weighted by Crippen LogP contribution is 2.18. The third kappa shape index (κ3) is 6.56. The third-order valence-corrected chi connectivity index (χ3v) is 5.06. The molecule has 0 spiro atoms. The molecule has 2 heterocycles. The Labute approximate surface area is 138 Å². The van der Waals surface area contributed by atoms with Crippen LogP contribution in [0.4, 0.5) is 4.79 Å². The van der Waals surface area contributed by atoms with Crippen molar-refractivity contribution in [3.8, 4) is 0 Å². The number of aromatic nitrogens is 1. The molecule has 1 saturated heterocycles. The van der Waals surface area contributed by atoms with E-state index in [0.29, 0.717) is 19.6 Å². The van der Waals surface area contributed by atoms with E-state index in [0.717, 1.165) is 31.2 Å². The van der Waals surface area contributed by atoms with Crippen LogP contribution in [0.3, 0.4) is 0 Å². The van der Waals surface area contributed by atoms with Crippen LogP contribution in [0.25, 0.3) is 0 Å². The predicted molar refractivity (Wildman–Crippen MR) is 90.0 cm³/mol. The summed E-state index contributed by atoms with van der Waals surface area (Å²) < 4.78 is 22.8. The quantitative estimate of drug-likeness (QED) is 0.796. The first-order chi connectivity index (χ1) is 10.9. The van der Waals surface area contributed by atoms with Crippen molar-refractivity contribution in [2.45, 2.75) is 25.7 Å². The number of sulfone groups is 1. The molecule has 7 heteroatoms. The molecule has 23 heavy (non-hydrogen) atoms. The average Bonchev–Trinajstić information content (AvgIpc) is 2.51. The largest absolute Gasteiger partial charge is 0.338 e. The smallest absolute Gasteiger partial charge is 0.317 e. The standard InChI is InChI=1S/C16H25N3O3S/c1-23(21,22)13-15-7-4-10-19(12-15)16(20)18-9-3-6-14-5-2-8-17-11-14/h2,5,8,11,15H,3-4,6-7,9-10,12-13H2,1H3,(H,18,20). The normalized spacial score (nSPS) is 18.7. The van der Waals surface area contributed by atoms with Crippen LogP contribution in [-0.2, 0) is 16.3 Å². The van der Waals surface area contributed by atoms with E-state index in [4.69, 9.17) is 0 Å². The number of carbonyl (C=O) groups is 1. The highest BCUT2D eigenvalue weighted by molar-refractivity contribution is 7.90. The highest BCUT2D eigenvalue weighted by atomic mass is 32.2. The maximum Gasteiger partial charge on any atom is 0.317 e. The van der Waals surface area contributed by atoms with Gasteiger partial charge in [0, 0.05) is 38.3 Å². The molecule has 0 saturated carbocycles. The SMILES string of the molecule is CS(=O)(=O)CC1CCCN(C(=O)NCCCc2cccnc2)C1. The van der Waals surface area contributed by atoms with Gasteiger partial charge in [0.15, 0.2) is 0 Å². The average molecular weight is 339 g/mol. The molecule has 1 aliphatic heterocycles. The maximum atomic E-state index is 12.2. The van der Waals surface area contributed by atoms with E-state index in [-0.39, 0.29) is 17.7 Å². The van der Waals surface area contributed by atoms with Crippen LogP contribution < -0.4 is 5.32 Å². The molecule has 1 aromatic rings. The van der Waals surface area contributed by atoms with E-state index in [1.54, 1.807) is 11.1 Å². The van der Waals surface area contributed by atoms with Crippen LogP contribution in [0, 0.1) is 5.92 Å². The van der Waals surface area contributed by atoms with Crippen molar-refractivity contribution in [3.63, 3.8) is 0 Å². The number of hydrogen-bond acceptors (Lipinski definition) is 4. The number of piperidine rings is 1. The Balaban J connectivity index is 1.70. The molecule has 1 aliphatic rings. The molecule has 1 unspecified atom stereocenters. The summed E-state index contributed by atoms with van der Waals surface area (Å²) in [6.45, 7) is 1.84. The predicted octanol–water partition coefficient (Wildman–Crippen LogP) is 1.48.